The Kier molecular flexibility index (Phi) is 2.30. The van der Waals surface area contributed by atoms with Crippen LogP contribution >= 0.6 is 0 Å². The zero-order chi connectivity index (χ0) is 8.27. The van der Waals surface area contributed by atoms with Crippen LogP contribution < -0.4 is 11.1 Å². The third kappa shape index (κ3) is 2.10. The number of likely N-dealkylation sites (tertiary alicyclic amines) is 1. The Morgan fingerprint density at radius 1 is 1.27 bits per heavy atom. The molecule has 0 aromatic carbocycles. The second-order valence-electron chi connectivity index (χ2n) is 2.49. The molecule has 0 radical (unpaired) electrons. The third-order valence-electron chi connectivity index (χ3n) is 1.62. The van der Waals surface area contributed by atoms with E-state index in [2.05, 4.69) is 0 Å². The Balaban J connectivity index is 2.34. The van der Waals surface area contributed by atoms with E-state index in [4.69, 9.17) is 5.73 Å². The molecule has 11 heavy (non-hydrogen) atoms. The highest BCUT2D eigenvalue weighted by Crippen LogP contribution is 2.06. The first-order chi connectivity index (χ1) is 5.20. The van der Waals surface area contributed by atoms with Gasteiger partial charge in [0.05, 0.1) is 0 Å². The van der Waals surface area contributed by atoms with Gasteiger partial charge in [0, 0.05) is 13.1 Å². The predicted molar refractivity (Wildman–Crippen MR) is 38.9 cm³/mol. The summed E-state index contributed by atoms with van der Waals surface area (Å²) in [6.45, 7) is 1.44. The minimum atomic E-state index is -0.790. The first kappa shape index (κ1) is 7.84. The number of primary amides is 1. The lowest BCUT2D eigenvalue weighted by molar-refractivity contribution is 0.206. The van der Waals surface area contributed by atoms with E-state index in [0.717, 1.165) is 25.9 Å². The van der Waals surface area contributed by atoms with Crippen molar-refractivity contribution < 1.29 is 9.59 Å². The van der Waals surface area contributed by atoms with Crippen LogP contribution in [0.1, 0.15) is 12.8 Å². The van der Waals surface area contributed by atoms with Crippen molar-refractivity contribution in [3.05, 3.63) is 0 Å². The first-order valence-corrected chi connectivity index (χ1v) is 3.55. The van der Waals surface area contributed by atoms with Gasteiger partial charge in [-0.2, -0.15) is 0 Å². The highest BCUT2D eigenvalue weighted by molar-refractivity contribution is 5.92. The highest BCUT2D eigenvalue weighted by Gasteiger charge is 2.18. The largest absolute Gasteiger partial charge is 0.351 e. The smallest absolute Gasteiger partial charge is 0.325 e. The van der Waals surface area contributed by atoms with Crippen molar-refractivity contribution in [1.29, 1.82) is 0 Å². The summed E-state index contributed by atoms with van der Waals surface area (Å²) in [5, 5.41) is 2.01. The van der Waals surface area contributed by atoms with Crippen LogP contribution in [-0.4, -0.2) is 30.1 Å². The summed E-state index contributed by atoms with van der Waals surface area (Å²) in [4.78, 5) is 22.8. The minimum absolute atomic E-state index is 0.380. The van der Waals surface area contributed by atoms with Crippen LogP contribution in [-0.2, 0) is 0 Å². The van der Waals surface area contributed by atoms with Crippen molar-refractivity contribution in [3.63, 3.8) is 0 Å². The summed E-state index contributed by atoms with van der Waals surface area (Å²) in [5.74, 6) is 0. The molecule has 1 aliphatic heterocycles. The summed E-state index contributed by atoms with van der Waals surface area (Å²) in [5.41, 5.74) is 4.76. The second kappa shape index (κ2) is 3.23. The lowest BCUT2D eigenvalue weighted by Gasteiger charge is -2.13. The number of rotatable bonds is 0. The maximum absolute atomic E-state index is 11.0. The Morgan fingerprint density at radius 3 is 2.27 bits per heavy atom. The number of nitrogens with one attached hydrogen (secondary N) is 1. The maximum Gasteiger partial charge on any atom is 0.325 e. The Bertz CT molecular complexity index is 175. The molecule has 3 N–H and O–H groups in total. The average molecular weight is 157 g/mol. The molecule has 0 saturated carbocycles. The van der Waals surface area contributed by atoms with Crippen LogP contribution in [0.25, 0.3) is 0 Å². The number of nitrogens with two attached hydrogens (primary N) is 1. The van der Waals surface area contributed by atoms with Gasteiger partial charge in [-0.3, -0.25) is 5.32 Å². The van der Waals surface area contributed by atoms with Crippen molar-refractivity contribution in [2.24, 2.45) is 5.73 Å². The fourth-order valence-corrected chi connectivity index (χ4v) is 1.10. The number of carbonyl (C=O) groups is 2. The predicted octanol–water partition coefficient (Wildman–Crippen LogP) is -0.130. The molecule has 5 nitrogen and oxygen atoms in total. The van der Waals surface area contributed by atoms with Crippen LogP contribution in [0, 0.1) is 0 Å². The molecule has 1 rings (SSSR count). The number of amides is 4. The van der Waals surface area contributed by atoms with E-state index in [1.807, 2.05) is 5.32 Å². The second-order valence-corrected chi connectivity index (χ2v) is 2.49. The highest BCUT2D eigenvalue weighted by atomic mass is 16.2. The van der Waals surface area contributed by atoms with E-state index in [-0.39, 0.29) is 6.03 Å². The maximum atomic E-state index is 11.0. The first-order valence-electron chi connectivity index (χ1n) is 3.55. The molecule has 1 heterocycles. The molecule has 0 aromatic rings. The molecule has 4 amide bonds. The van der Waals surface area contributed by atoms with Crippen LogP contribution in [0.4, 0.5) is 9.59 Å². The lowest BCUT2D eigenvalue weighted by atomic mass is 10.4. The molecule has 1 saturated heterocycles. The summed E-state index contributed by atoms with van der Waals surface area (Å²) < 4.78 is 0. The van der Waals surface area contributed by atoms with Gasteiger partial charge in [-0.05, 0) is 12.8 Å². The van der Waals surface area contributed by atoms with Crippen molar-refractivity contribution in [2.75, 3.05) is 13.1 Å². The van der Waals surface area contributed by atoms with Gasteiger partial charge in [-0.1, -0.05) is 0 Å². The molecule has 0 atom stereocenters. The van der Waals surface area contributed by atoms with E-state index >= 15 is 0 Å². The lowest BCUT2D eigenvalue weighted by Crippen LogP contribution is -2.43. The quantitative estimate of drug-likeness (QED) is 0.514. The van der Waals surface area contributed by atoms with Gasteiger partial charge in [0.25, 0.3) is 0 Å². The van der Waals surface area contributed by atoms with Crippen LogP contribution in [0.3, 0.4) is 0 Å². The Labute approximate surface area is 64.5 Å². The van der Waals surface area contributed by atoms with Gasteiger partial charge in [-0.15, -0.1) is 0 Å². The Morgan fingerprint density at radius 2 is 1.82 bits per heavy atom. The zero-order valence-corrected chi connectivity index (χ0v) is 6.17. The molecule has 1 aliphatic rings. The number of nitrogens with zero attached hydrogens (tertiary/aromatic N) is 1. The van der Waals surface area contributed by atoms with Gasteiger partial charge in [-0.25, -0.2) is 9.59 Å². The van der Waals surface area contributed by atoms with E-state index in [9.17, 15) is 9.59 Å². The number of hydrogen-bond acceptors (Lipinski definition) is 2. The van der Waals surface area contributed by atoms with Gasteiger partial charge < -0.3 is 10.6 Å². The van der Waals surface area contributed by atoms with Gasteiger partial charge in [0.2, 0.25) is 0 Å². The monoisotopic (exact) mass is 157 g/mol. The number of carbonyl (C=O) groups excluding carboxylic acids is 2. The van der Waals surface area contributed by atoms with E-state index < -0.39 is 6.03 Å². The fraction of sp³-hybridized carbons (Fsp3) is 0.667. The molecule has 0 bridgehead atoms. The zero-order valence-electron chi connectivity index (χ0n) is 6.17. The van der Waals surface area contributed by atoms with Crippen LogP contribution in [0.5, 0.6) is 0 Å². The van der Waals surface area contributed by atoms with Crippen LogP contribution in [0.15, 0.2) is 0 Å². The molecule has 0 unspecified atom stereocenters. The van der Waals surface area contributed by atoms with Crippen molar-refractivity contribution >= 4 is 12.1 Å². The van der Waals surface area contributed by atoms with Gasteiger partial charge in [0.1, 0.15) is 0 Å². The minimum Gasteiger partial charge on any atom is -0.351 e. The van der Waals surface area contributed by atoms with Gasteiger partial charge >= 0.3 is 12.1 Å². The van der Waals surface area contributed by atoms with E-state index in [1.165, 1.54) is 0 Å². The Hall–Kier alpha value is -1.26. The normalized spacial score (nSPS) is 16.5. The molecular weight excluding hydrogens is 146 g/mol. The molecule has 1 fully saturated rings. The number of urea groups is 2. The molecule has 5 heteroatoms. The molecular formula is C6H11N3O2. The van der Waals surface area contributed by atoms with Crippen LogP contribution in [0.2, 0.25) is 0 Å². The number of imide groups is 1. The van der Waals surface area contributed by atoms with E-state index in [1.54, 1.807) is 4.90 Å². The molecule has 0 aliphatic carbocycles. The standard InChI is InChI=1S/C6H11N3O2/c7-5(10)8-6(11)9-3-1-2-4-9/h1-4H2,(H3,7,8,10,11). The third-order valence-corrected chi connectivity index (χ3v) is 1.62. The van der Waals surface area contributed by atoms with Crippen molar-refractivity contribution in [3.8, 4) is 0 Å². The number of hydrogen-bond donors (Lipinski definition) is 2. The summed E-state index contributed by atoms with van der Waals surface area (Å²) >= 11 is 0. The van der Waals surface area contributed by atoms with E-state index in [0.29, 0.717) is 0 Å². The summed E-state index contributed by atoms with van der Waals surface area (Å²) in [7, 11) is 0. The van der Waals surface area contributed by atoms with Crippen molar-refractivity contribution in [2.45, 2.75) is 12.8 Å². The summed E-state index contributed by atoms with van der Waals surface area (Å²) in [6.07, 6.45) is 2.01. The topological polar surface area (TPSA) is 75.4 Å². The molecule has 62 valence electrons. The average Bonchev–Trinajstić information content (AvgIpc) is 2.35. The molecule has 0 aromatic heterocycles. The summed E-state index contributed by atoms with van der Waals surface area (Å²) in [6, 6.07) is -1.17. The fourth-order valence-electron chi connectivity index (χ4n) is 1.10. The SMILES string of the molecule is NC(=O)NC(=O)N1CCCC1. The van der Waals surface area contributed by atoms with Gasteiger partial charge in [0.15, 0.2) is 0 Å². The molecule has 0 spiro atoms. The van der Waals surface area contributed by atoms with Crippen molar-refractivity contribution in [1.82, 2.24) is 10.2 Å².